The minimum absolute atomic E-state index is 0.273. The second-order valence-electron chi connectivity index (χ2n) is 9.00. The van der Waals surface area contributed by atoms with Crippen molar-refractivity contribution >= 4 is 33.8 Å². The van der Waals surface area contributed by atoms with Crippen LogP contribution in [0.1, 0.15) is 51.2 Å². The molecule has 1 aromatic heterocycles. The lowest BCUT2D eigenvalue weighted by Crippen LogP contribution is -2.49. The molecule has 144 valence electrons. The lowest BCUT2D eigenvalue weighted by atomic mass is 9.45. The van der Waals surface area contributed by atoms with Crippen LogP contribution in [0.4, 0.5) is 10.2 Å². The van der Waals surface area contributed by atoms with Crippen molar-refractivity contribution in [3.8, 4) is 0 Å². The van der Waals surface area contributed by atoms with Gasteiger partial charge in [0.25, 0.3) is 0 Å². The fourth-order valence-electron chi connectivity index (χ4n) is 4.14. The van der Waals surface area contributed by atoms with Gasteiger partial charge in [0.15, 0.2) is 0 Å². The first-order valence-electron chi connectivity index (χ1n) is 9.64. The number of hydrogen-bond donors (Lipinski definition) is 1. The van der Waals surface area contributed by atoms with E-state index in [-0.39, 0.29) is 11.2 Å². The largest absolute Gasteiger partial charge is 0.331 e. The first-order chi connectivity index (χ1) is 13.2. The van der Waals surface area contributed by atoms with Crippen molar-refractivity contribution in [3.63, 3.8) is 0 Å². The highest BCUT2D eigenvalue weighted by molar-refractivity contribution is 7.81. The maximum atomic E-state index is 13.1. The first kappa shape index (κ1) is 19.0. The third-order valence-electron chi connectivity index (χ3n) is 6.83. The first-order valence-corrected chi connectivity index (χ1v) is 10.0. The second kappa shape index (κ2) is 6.63. The maximum absolute atomic E-state index is 13.1. The highest BCUT2D eigenvalue weighted by atomic mass is 32.1. The number of thiocarbonyl (C=S) groups is 1. The van der Waals surface area contributed by atoms with E-state index in [1.807, 2.05) is 12.3 Å². The lowest BCUT2D eigenvalue weighted by molar-refractivity contribution is -0.0486. The summed E-state index contributed by atoms with van der Waals surface area (Å²) in [5, 5.41) is 5.43. The van der Waals surface area contributed by atoms with E-state index in [1.54, 1.807) is 12.1 Å². The molecule has 0 spiro atoms. The third kappa shape index (κ3) is 3.20. The van der Waals surface area contributed by atoms with E-state index in [0.29, 0.717) is 22.1 Å². The number of benzene rings is 2. The van der Waals surface area contributed by atoms with Crippen molar-refractivity contribution in [1.82, 2.24) is 4.98 Å². The van der Waals surface area contributed by atoms with Crippen molar-refractivity contribution in [3.05, 3.63) is 71.7 Å². The molecular formula is C24H25FN2S. The van der Waals surface area contributed by atoms with Gasteiger partial charge in [0.2, 0.25) is 0 Å². The standard InChI is InChI=1S/C24H25FN2S/c1-23(2)13-20(24(23,3)4)16-5-6-17-14-26-21(12-18(17)11-16)27-22(28)15-7-9-19(25)10-8-15/h5-12,14,20H,13H2,1-4H3,(H,26,27,28). The Morgan fingerprint density at radius 2 is 1.75 bits per heavy atom. The van der Waals surface area contributed by atoms with Crippen molar-refractivity contribution in [2.75, 3.05) is 5.32 Å². The van der Waals surface area contributed by atoms with Gasteiger partial charge in [-0.3, -0.25) is 0 Å². The van der Waals surface area contributed by atoms with E-state index in [9.17, 15) is 4.39 Å². The number of halogens is 1. The SMILES string of the molecule is CC1(C)CC(c2ccc3cnc(NC(=S)c4ccc(F)cc4)cc3c2)C1(C)C. The topological polar surface area (TPSA) is 24.9 Å². The molecule has 3 aromatic rings. The van der Waals surface area contributed by atoms with Crippen LogP contribution in [0, 0.1) is 16.6 Å². The number of anilines is 1. The predicted molar refractivity (Wildman–Crippen MR) is 118 cm³/mol. The van der Waals surface area contributed by atoms with Crippen LogP contribution in [0.5, 0.6) is 0 Å². The maximum Gasteiger partial charge on any atom is 0.131 e. The molecule has 1 unspecified atom stereocenters. The fourth-order valence-corrected chi connectivity index (χ4v) is 4.38. The highest BCUT2D eigenvalue weighted by Gasteiger charge is 2.54. The number of aromatic nitrogens is 1. The van der Waals surface area contributed by atoms with Crippen molar-refractivity contribution in [2.24, 2.45) is 10.8 Å². The molecule has 1 fully saturated rings. The molecular weight excluding hydrogens is 367 g/mol. The Morgan fingerprint density at radius 1 is 1.04 bits per heavy atom. The molecule has 0 aliphatic heterocycles. The summed E-state index contributed by atoms with van der Waals surface area (Å²) in [7, 11) is 0. The van der Waals surface area contributed by atoms with Gasteiger partial charge >= 0.3 is 0 Å². The molecule has 1 aliphatic carbocycles. The van der Waals surface area contributed by atoms with E-state index >= 15 is 0 Å². The Labute approximate surface area is 171 Å². The molecule has 0 radical (unpaired) electrons. The molecule has 4 heteroatoms. The van der Waals surface area contributed by atoms with Gasteiger partial charge < -0.3 is 5.32 Å². The van der Waals surface area contributed by atoms with Gasteiger partial charge in [-0.2, -0.15) is 0 Å². The average molecular weight is 393 g/mol. The minimum Gasteiger partial charge on any atom is -0.331 e. The number of rotatable bonds is 3. The number of nitrogens with zero attached hydrogens (tertiary/aromatic N) is 1. The molecule has 1 N–H and O–H groups in total. The van der Waals surface area contributed by atoms with Crippen LogP contribution in [0.2, 0.25) is 0 Å². The van der Waals surface area contributed by atoms with Gasteiger partial charge in [-0.25, -0.2) is 9.37 Å². The molecule has 1 saturated carbocycles. The number of nitrogens with one attached hydrogen (secondary N) is 1. The average Bonchev–Trinajstić information content (AvgIpc) is 2.66. The Hall–Kier alpha value is -2.33. The Balaban J connectivity index is 1.60. The Morgan fingerprint density at radius 3 is 2.39 bits per heavy atom. The molecule has 1 aliphatic rings. The van der Waals surface area contributed by atoms with Crippen molar-refractivity contribution < 1.29 is 4.39 Å². The number of pyridine rings is 1. The monoisotopic (exact) mass is 392 g/mol. The summed E-state index contributed by atoms with van der Waals surface area (Å²) in [6.45, 7) is 9.44. The molecule has 0 bridgehead atoms. The highest BCUT2D eigenvalue weighted by Crippen LogP contribution is 2.64. The van der Waals surface area contributed by atoms with Crippen LogP contribution < -0.4 is 5.32 Å². The fraction of sp³-hybridized carbons (Fsp3) is 0.333. The minimum atomic E-state index is -0.273. The quantitative estimate of drug-likeness (QED) is 0.502. The summed E-state index contributed by atoms with van der Waals surface area (Å²) in [5.74, 6) is 0.994. The predicted octanol–water partition coefficient (Wildman–Crippen LogP) is 6.70. The molecule has 28 heavy (non-hydrogen) atoms. The Bertz CT molecular complexity index is 1050. The van der Waals surface area contributed by atoms with Crippen LogP contribution in [0.25, 0.3) is 10.8 Å². The van der Waals surface area contributed by atoms with E-state index in [2.05, 4.69) is 56.2 Å². The van der Waals surface area contributed by atoms with E-state index < -0.39 is 0 Å². The molecule has 1 atom stereocenters. The van der Waals surface area contributed by atoms with E-state index in [1.165, 1.54) is 24.1 Å². The van der Waals surface area contributed by atoms with Crippen LogP contribution in [-0.2, 0) is 0 Å². The molecule has 4 rings (SSSR count). The normalized spacial score (nSPS) is 19.8. The number of fused-ring (bicyclic) bond motifs is 1. The van der Waals surface area contributed by atoms with Crippen molar-refractivity contribution in [2.45, 2.75) is 40.0 Å². The third-order valence-corrected chi connectivity index (χ3v) is 7.16. The van der Waals surface area contributed by atoms with Gasteiger partial charge in [0, 0.05) is 17.1 Å². The molecule has 0 saturated heterocycles. The summed E-state index contributed by atoms with van der Waals surface area (Å²) in [5.41, 5.74) is 2.79. The zero-order valence-corrected chi connectivity index (χ0v) is 17.5. The smallest absolute Gasteiger partial charge is 0.131 e. The summed E-state index contributed by atoms with van der Waals surface area (Å²) < 4.78 is 13.1. The van der Waals surface area contributed by atoms with Crippen LogP contribution >= 0.6 is 12.2 Å². The van der Waals surface area contributed by atoms with Crippen molar-refractivity contribution in [1.29, 1.82) is 0 Å². The van der Waals surface area contributed by atoms with Crippen LogP contribution in [0.3, 0.4) is 0 Å². The van der Waals surface area contributed by atoms with Gasteiger partial charge in [0.1, 0.15) is 16.6 Å². The van der Waals surface area contributed by atoms with Gasteiger partial charge in [-0.15, -0.1) is 0 Å². The molecule has 2 aromatic carbocycles. The van der Waals surface area contributed by atoms with Gasteiger partial charge in [-0.05, 0) is 64.5 Å². The summed E-state index contributed by atoms with van der Waals surface area (Å²) >= 11 is 5.45. The zero-order valence-electron chi connectivity index (χ0n) is 16.7. The van der Waals surface area contributed by atoms with Crippen LogP contribution in [0.15, 0.2) is 54.7 Å². The zero-order chi connectivity index (χ0) is 20.1. The summed E-state index contributed by atoms with van der Waals surface area (Å²) in [6, 6.07) is 14.9. The Kier molecular flexibility index (Phi) is 4.50. The van der Waals surface area contributed by atoms with E-state index in [0.717, 1.165) is 16.3 Å². The lowest BCUT2D eigenvalue weighted by Gasteiger charge is -2.59. The summed E-state index contributed by atoms with van der Waals surface area (Å²) in [4.78, 5) is 5.01. The molecule has 2 nitrogen and oxygen atoms in total. The summed E-state index contributed by atoms with van der Waals surface area (Å²) in [6.07, 6.45) is 3.07. The number of hydrogen-bond acceptors (Lipinski definition) is 2. The second-order valence-corrected chi connectivity index (χ2v) is 9.41. The molecule has 1 heterocycles. The van der Waals surface area contributed by atoms with E-state index in [4.69, 9.17) is 12.2 Å². The van der Waals surface area contributed by atoms with Crippen LogP contribution in [-0.4, -0.2) is 9.97 Å². The van der Waals surface area contributed by atoms with Gasteiger partial charge in [0.05, 0.1) is 0 Å². The molecule has 0 amide bonds. The van der Waals surface area contributed by atoms with Gasteiger partial charge in [-0.1, -0.05) is 58.1 Å².